The summed E-state index contributed by atoms with van der Waals surface area (Å²) in [6.45, 7) is 1.89. The molecule has 94 valence electrons. The van der Waals surface area contributed by atoms with Crippen molar-refractivity contribution < 1.29 is 9.18 Å². The second-order valence-electron chi connectivity index (χ2n) is 4.46. The van der Waals surface area contributed by atoms with Gasteiger partial charge in [0.05, 0.1) is 5.54 Å². The van der Waals surface area contributed by atoms with E-state index in [2.05, 4.69) is 5.32 Å². The third-order valence-electron chi connectivity index (χ3n) is 3.06. The van der Waals surface area contributed by atoms with Crippen LogP contribution in [0.25, 0.3) is 0 Å². The topological polar surface area (TPSA) is 29.1 Å². The van der Waals surface area contributed by atoms with Gasteiger partial charge in [-0.2, -0.15) is 0 Å². The van der Waals surface area contributed by atoms with Crippen molar-refractivity contribution >= 4 is 5.91 Å². The summed E-state index contributed by atoms with van der Waals surface area (Å²) >= 11 is 0. The molecule has 0 bridgehead atoms. The van der Waals surface area contributed by atoms with E-state index in [0.717, 1.165) is 18.4 Å². The van der Waals surface area contributed by atoms with Crippen LogP contribution in [0.4, 0.5) is 4.39 Å². The van der Waals surface area contributed by atoms with Crippen LogP contribution in [0.5, 0.6) is 0 Å². The van der Waals surface area contributed by atoms with Crippen LogP contribution >= 0.6 is 0 Å². The van der Waals surface area contributed by atoms with E-state index in [1.54, 1.807) is 24.3 Å². The minimum Gasteiger partial charge on any atom is -0.343 e. The Morgan fingerprint density at radius 1 is 1.28 bits per heavy atom. The quantitative estimate of drug-likeness (QED) is 0.641. The molecule has 1 aliphatic rings. The highest BCUT2D eigenvalue weighted by molar-refractivity contribution is 5.88. The average molecular weight is 245 g/mol. The molecule has 18 heavy (non-hydrogen) atoms. The van der Waals surface area contributed by atoms with Gasteiger partial charge in [0.1, 0.15) is 5.82 Å². The minimum absolute atomic E-state index is 0.116. The van der Waals surface area contributed by atoms with Gasteiger partial charge in [-0.25, -0.2) is 4.39 Å². The zero-order chi connectivity index (χ0) is 13.0. The number of halogens is 1. The van der Waals surface area contributed by atoms with Crippen molar-refractivity contribution in [1.29, 1.82) is 0 Å². The Hall–Kier alpha value is -1.90. The van der Waals surface area contributed by atoms with Gasteiger partial charge in [-0.05, 0) is 37.5 Å². The van der Waals surface area contributed by atoms with Crippen LogP contribution in [0.2, 0.25) is 0 Å². The summed E-state index contributed by atoms with van der Waals surface area (Å²) in [4.78, 5) is 11.7. The van der Waals surface area contributed by atoms with E-state index in [1.807, 2.05) is 13.0 Å². The number of allylic oxidation sites excluding steroid dienone is 3. The fraction of sp³-hybridized carbons (Fsp3) is 0.267. The molecule has 1 saturated carbocycles. The Morgan fingerprint density at radius 3 is 2.50 bits per heavy atom. The molecule has 1 aromatic rings. The summed E-state index contributed by atoms with van der Waals surface area (Å²) in [5.41, 5.74) is 0.682. The molecule has 0 aromatic heterocycles. The summed E-state index contributed by atoms with van der Waals surface area (Å²) in [5, 5.41) is 2.98. The highest BCUT2D eigenvalue weighted by atomic mass is 19.1. The molecule has 2 nitrogen and oxygen atoms in total. The molecule has 0 radical (unpaired) electrons. The number of carbonyl (C=O) groups excluding carboxylic acids is 1. The summed E-state index contributed by atoms with van der Waals surface area (Å²) in [5.74, 6) is -0.371. The zero-order valence-electron chi connectivity index (χ0n) is 10.3. The van der Waals surface area contributed by atoms with Gasteiger partial charge in [0, 0.05) is 6.08 Å². The number of hydrogen-bond acceptors (Lipinski definition) is 1. The van der Waals surface area contributed by atoms with Crippen molar-refractivity contribution in [2.24, 2.45) is 0 Å². The Kier molecular flexibility index (Phi) is 3.60. The monoisotopic (exact) mass is 245 g/mol. The summed E-state index contributed by atoms with van der Waals surface area (Å²) in [6.07, 6.45) is 8.68. The zero-order valence-corrected chi connectivity index (χ0v) is 10.3. The van der Waals surface area contributed by atoms with E-state index in [-0.39, 0.29) is 17.3 Å². The fourth-order valence-corrected chi connectivity index (χ4v) is 1.91. The molecule has 0 aliphatic heterocycles. The van der Waals surface area contributed by atoms with Crippen molar-refractivity contribution in [2.45, 2.75) is 25.3 Å². The molecule has 0 spiro atoms. The lowest BCUT2D eigenvalue weighted by Gasteiger charge is -2.16. The van der Waals surface area contributed by atoms with Crippen molar-refractivity contribution in [2.75, 3.05) is 0 Å². The van der Waals surface area contributed by atoms with Gasteiger partial charge in [0.25, 0.3) is 0 Å². The van der Waals surface area contributed by atoms with Crippen molar-refractivity contribution in [1.82, 2.24) is 5.32 Å². The number of rotatable bonds is 4. The van der Waals surface area contributed by atoms with Gasteiger partial charge in [-0.15, -0.1) is 0 Å². The second kappa shape index (κ2) is 5.17. The lowest BCUT2D eigenvalue weighted by molar-refractivity contribution is -0.117. The lowest BCUT2D eigenvalue weighted by atomic mass is 10.0. The van der Waals surface area contributed by atoms with E-state index >= 15 is 0 Å². The summed E-state index contributed by atoms with van der Waals surface area (Å²) in [7, 11) is 0. The van der Waals surface area contributed by atoms with Crippen LogP contribution < -0.4 is 5.32 Å². The normalized spacial score (nSPS) is 17.2. The highest BCUT2D eigenvalue weighted by Crippen LogP contribution is 2.45. The summed E-state index contributed by atoms with van der Waals surface area (Å²) in [6, 6.07) is 6.32. The molecular weight excluding hydrogens is 229 g/mol. The highest BCUT2D eigenvalue weighted by Gasteiger charge is 2.45. The van der Waals surface area contributed by atoms with Gasteiger partial charge in [-0.1, -0.05) is 30.4 Å². The first-order valence-electron chi connectivity index (χ1n) is 6.04. The molecular formula is C15H16FNO. The van der Waals surface area contributed by atoms with Crippen LogP contribution in [0, 0.1) is 5.82 Å². The molecule has 2 rings (SSSR count). The Morgan fingerprint density at radius 2 is 1.94 bits per heavy atom. The molecule has 3 heteroatoms. The van der Waals surface area contributed by atoms with Gasteiger partial charge in [0.2, 0.25) is 5.91 Å². The smallest absolute Gasteiger partial charge is 0.244 e. The Labute approximate surface area is 106 Å². The maximum Gasteiger partial charge on any atom is 0.244 e. The van der Waals surface area contributed by atoms with Gasteiger partial charge < -0.3 is 5.32 Å². The number of hydrogen-bond donors (Lipinski definition) is 1. The summed E-state index contributed by atoms with van der Waals surface area (Å²) < 4.78 is 12.9. The Balaban J connectivity index is 2.04. The first-order chi connectivity index (χ1) is 8.66. The second-order valence-corrected chi connectivity index (χ2v) is 4.46. The van der Waals surface area contributed by atoms with Gasteiger partial charge in [-0.3, -0.25) is 4.79 Å². The maximum atomic E-state index is 12.9. The molecule has 0 heterocycles. The van der Waals surface area contributed by atoms with Gasteiger partial charge in [0.15, 0.2) is 0 Å². The number of carbonyl (C=O) groups is 1. The minimum atomic E-state index is -0.287. The molecule has 1 fully saturated rings. The molecule has 1 N–H and O–H groups in total. The molecule has 0 unspecified atom stereocenters. The van der Waals surface area contributed by atoms with E-state index < -0.39 is 0 Å². The standard InChI is InChI=1S/C15H16FNO/c1-2-3-4-5-14(18)17-15(10-11-15)12-6-8-13(16)9-7-12/h2-9H,10-11H2,1H3,(H,17,18)/b3-2+,5-4+. The van der Waals surface area contributed by atoms with Crippen molar-refractivity contribution in [3.8, 4) is 0 Å². The van der Waals surface area contributed by atoms with Crippen LogP contribution in [0.15, 0.2) is 48.6 Å². The first-order valence-corrected chi connectivity index (χ1v) is 6.04. The predicted octanol–water partition coefficient (Wildman–Crippen LogP) is 3.06. The average Bonchev–Trinajstić information content (AvgIpc) is 3.11. The lowest BCUT2D eigenvalue weighted by Crippen LogP contribution is -2.33. The largest absolute Gasteiger partial charge is 0.343 e. The molecule has 1 amide bonds. The van der Waals surface area contributed by atoms with Crippen molar-refractivity contribution in [3.05, 3.63) is 60.0 Å². The van der Waals surface area contributed by atoms with Gasteiger partial charge >= 0.3 is 0 Å². The maximum absolute atomic E-state index is 12.9. The number of nitrogens with one attached hydrogen (secondary N) is 1. The number of amides is 1. The third-order valence-corrected chi connectivity index (χ3v) is 3.06. The third kappa shape index (κ3) is 2.86. The van der Waals surface area contributed by atoms with Crippen LogP contribution in [0.1, 0.15) is 25.3 Å². The van der Waals surface area contributed by atoms with Crippen LogP contribution in [-0.2, 0) is 10.3 Å². The SMILES string of the molecule is C/C=C/C=C/C(=O)NC1(c2ccc(F)cc2)CC1. The van der Waals surface area contributed by atoms with E-state index in [9.17, 15) is 9.18 Å². The molecule has 0 atom stereocenters. The van der Waals surface area contributed by atoms with Crippen molar-refractivity contribution in [3.63, 3.8) is 0 Å². The predicted molar refractivity (Wildman–Crippen MR) is 69.4 cm³/mol. The van der Waals surface area contributed by atoms with Crippen LogP contribution in [0.3, 0.4) is 0 Å². The molecule has 1 aromatic carbocycles. The first kappa shape index (κ1) is 12.6. The molecule has 1 aliphatic carbocycles. The van der Waals surface area contributed by atoms with E-state index in [0.29, 0.717) is 0 Å². The number of benzene rings is 1. The fourth-order valence-electron chi connectivity index (χ4n) is 1.91. The van der Waals surface area contributed by atoms with Crippen LogP contribution in [-0.4, -0.2) is 5.91 Å². The van der Waals surface area contributed by atoms with E-state index in [4.69, 9.17) is 0 Å². The molecule has 0 saturated heterocycles. The Bertz CT molecular complexity index is 484. The van der Waals surface area contributed by atoms with E-state index in [1.165, 1.54) is 18.2 Å².